The fraction of sp³-hybridized carbons (Fsp3) is 0.692. The van der Waals surface area contributed by atoms with Crippen molar-refractivity contribution in [1.82, 2.24) is 14.5 Å². The van der Waals surface area contributed by atoms with E-state index < -0.39 is 0 Å². The molecule has 3 rings (SSSR count). The van der Waals surface area contributed by atoms with E-state index in [-0.39, 0.29) is 5.56 Å². The SMILES string of the molecule is CN1CCC(CNc2nccn(C3CC3)c2=O)C1. The number of anilines is 1. The van der Waals surface area contributed by atoms with Gasteiger partial charge in [0, 0.05) is 31.5 Å². The van der Waals surface area contributed by atoms with Crippen LogP contribution in [0.3, 0.4) is 0 Å². The molecule has 0 amide bonds. The summed E-state index contributed by atoms with van der Waals surface area (Å²) in [7, 11) is 2.14. The number of nitrogens with zero attached hydrogens (tertiary/aromatic N) is 3. The zero-order chi connectivity index (χ0) is 12.5. The Morgan fingerprint density at radius 3 is 2.94 bits per heavy atom. The first-order valence-corrected chi connectivity index (χ1v) is 6.73. The number of likely N-dealkylation sites (tertiary alicyclic amines) is 1. The van der Waals surface area contributed by atoms with Crippen LogP contribution in [0, 0.1) is 5.92 Å². The maximum atomic E-state index is 12.1. The second kappa shape index (κ2) is 4.72. The standard InChI is InChI=1S/C13H20N4O/c1-16-6-4-10(9-16)8-15-12-13(18)17(7-5-14-12)11-2-3-11/h5,7,10-11H,2-4,6,8-9H2,1H3,(H,14,15). The molecule has 1 unspecified atom stereocenters. The highest BCUT2D eigenvalue weighted by Crippen LogP contribution is 2.33. The molecule has 1 N–H and O–H groups in total. The van der Waals surface area contributed by atoms with Gasteiger partial charge in [0.15, 0.2) is 5.82 Å². The van der Waals surface area contributed by atoms with E-state index in [1.807, 2.05) is 4.57 Å². The van der Waals surface area contributed by atoms with E-state index in [1.54, 1.807) is 12.4 Å². The van der Waals surface area contributed by atoms with Gasteiger partial charge in [0.2, 0.25) is 0 Å². The van der Waals surface area contributed by atoms with Gasteiger partial charge in [0.05, 0.1) is 0 Å². The molecule has 1 saturated carbocycles. The van der Waals surface area contributed by atoms with E-state index in [0.29, 0.717) is 17.8 Å². The summed E-state index contributed by atoms with van der Waals surface area (Å²) in [5.74, 6) is 1.14. The first kappa shape index (κ1) is 11.7. The monoisotopic (exact) mass is 248 g/mol. The molecule has 2 heterocycles. The van der Waals surface area contributed by atoms with Gasteiger partial charge in [-0.2, -0.15) is 0 Å². The van der Waals surface area contributed by atoms with Crippen molar-refractivity contribution in [3.63, 3.8) is 0 Å². The van der Waals surface area contributed by atoms with Crippen LogP contribution in [0.5, 0.6) is 0 Å². The lowest BCUT2D eigenvalue weighted by molar-refractivity contribution is 0.399. The van der Waals surface area contributed by atoms with Gasteiger partial charge in [0.25, 0.3) is 5.56 Å². The van der Waals surface area contributed by atoms with E-state index in [4.69, 9.17) is 0 Å². The van der Waals surface area contributed by atoms with Crippen molar-refractivity contribution in [3.05, 3.63) is 22.7 Å². The third-order valence-corrected chi connectivity index (χ3v) is 3.86. The number of nitrogens with one attached hydrogen (secondary N) is 1. The molecule has 1 aromatic rings. The Kier molecular flexibility index (Phi) is 3.07. The molecule has 2 fully saturated rings. The van der Waals surface area contributed by atoms with Gasteiger partial charge in [-0.15, -0.1) is 0 Å². The van der Waals surface area contributed by atoms with Crippen LogP contribution in [0.2, 0.25) is 0 Å². The molecule has 1 atom stereocenters. The Bertz CT molecular complexity index is 480. The third-order valence-electron chi connectivity index (χ3n) is 3.86. The summed E-state index contributed by atoms with van der Waals surface area (Å²) in [6.07, 6.45) is 6.97. The van der Waals surface area contributed by atoms with E-state index >= 15 is 0 Å². The van der Waals surface area contributed by atoms with Gasteiger partial charge in [-0.1, -0.05) is 0 Å². The zero-order valence-corrected chi connectivity index (χ0v) is 10.8. The summed E-state index contributed by atoms with van der Waals surface area (Å²) >= 11 is 0. The second-order valence-corrected chi connectivity index (χ2v) is 5.52. The minimum atomic E-state index is 0.0337. The molecule has 1 aliphatic heterocycles. The molecule has 2 aliphatic rings. The normalized spacial score (nSPS) is 24.4. The smallest absolute Gasteiger partial charge is 0.293 e. The molecule has 98 valence electrons. The van der Waals surface area contributed by atoms with Crippen molar-refractivity contribution >= 4 is 5.82 Å². The van der Waals surface area contributed by atoms with Crippen molar-refractivity contribution in [3.8, 4) is 0 Å². The summed E-state index contributed by atoms with van der Waals surface area (Å²) in [6.45, 7) is 3.11. The van der Waals surface area contributed by atoms with Crippen molar-refractivity contribution < 1.29 is 0 Å². The van der Waals surface area contributed by atoms with Crippen molar-refractivity contribution in [2.24, 2.45) is 5.92 Å². The quantitative estimate of drug-likeness (QED) is 0.861. The highest BCUT2D eigenvalue weighted by Gasteiger charge is 2.25. The largest absolute Gasteiger partial charge is 0.365 e. The van der Waals surface area contributed by atoms with Gasteiger partial charge in [-0.05, 0) is 38.8 Å². The molecule has 18 heavy (non-hydrogen) atoms. The molecular weight excluding hydrogens is 228 g/mol. The first-order valence-electron chi connectivity index (χ1n) is 6.73. The minimum absolute atomic E-state index is 0.0337. The van der Waals surface area contributed by atoms with Gasteiger partial charge >= 0.3 is 0 Å². The first-order chi connectivity index (χ1) is 8.74. The highest BCUT2D eigenvalue weighted by atomic mass is 16.1. The maximum Gasteiger partial charge on any atom is 0.293 e. The van der Waals surface area contributed by atoms with Crippen LogP contribution in [-0.2, 0) is 0 Å². The predicted molar refractivity (Wildman–Crippen MR) is 70.9 cm³/mol. The number of aromatic nitrogens is 2. The lowest BCUT2D eigenvalue weighted by Crippen LogP contribution is -2.26. The summed E-state index contributed by atoms with van der Waals surface area (Å²) in [4.78, 5) is 18.6. The summed E-state index contributed by atoms with van der Waals surface area (Å²) in [6, 6.07) is 0.415. The molecule has 0 aromatic carbocycles. The molecule has 0 radical (unpaired) electrons. The van der Waals surface area contributed by atoms with Crippen molar-refractivity contribution in [2.45, 2.75) is 25.3 Å². The number of hydrogen-bond acceptors (Lipinski definition) is 4. The summed E-state index contributed by atoms with van der Waals surface area (Å²) < 4.78 is 1.82. The molecule has 1 aromatic heterocycles. The zero-order valence-electron chi connectivity index (χ0n) is 10.8. The minimum Gasteiger partial charge on any atom is -0.365 e. The van der Waals surface area contributed by atoms with Gasteiger partial charge in [0.1, 0.15) is 0 Å². The fourth-order valence-electron chi connectivity index (χ4n) is 2.62. The van der Waals surface area contributed by atoms with Crippen LogP contribution < -0.4 is 10.9 Å². The molecular formula is C13H20N4O. The van der Waals surface area contributed by atoms with Gasteiger partial charge < -0.3 is 14.8 Å². The van der Waals surface area contributed by atoms with Crippen molar-refractivity contribution in [1.29, 1.82) is 0 Å². The Morgan fingerprint density at radius 2 is 2.28 bits per heavy atom. The van der Waals surface area contributed by atoms with Crippen LogP contribution >= 0.6 is 0 Å². The lowest BCUT2D eigenvalue weighted by Gasteiger charge is -2.12. The topological polar surface area (TPSA) is 50.2 Å². The van der Waals surface area contributed by atoms with E-state index in [0.717, 1.165) is 32.5 Å². The average molecular weight is 248 g/mol. The van der Waals surface area contributed by atoms with Gasteiger partial charge in [-0.25, -0.2) is 4.98 Å². The summed E-state index contributed by atoms with van der Waals surface area (Å²) in [5.41, 5.74) is 0.0337. The Labute approximate surface area is 107 Å². The van der Waals surface area contributed by atoms with Crippen LogP contribution in [0.25, 0.3) is 0 Å². The van der Waals surface area contributed by atoms with Crippen molar-refractivity contribution in [2.75, 3.05) is 32.0 Å². The maximum absolute atomic E-state index is 12.1. The van der Waals surface area contributed by atoms with Crippen LogP contribution in [0.15, 0.2) is 17.2 Å². The molecule has 5 nitrogen and oxygen atoms in total. The molecule has 0 spiro atoms. The highest BCUT2D eigenvalue weighted by molar-refractivity contribution is 5.31. The molecule has 1 saturated heterocycles. The Hall–Kier alpha value is -1.36. The van der Waals surface area contributed by atoms with Crippen LogP contribution in [0.4, 0.5) is 5.82 Å². The van der Waals surface area contributed by atoms with Crippen LogP contribution in [0.1, 0.15) is 25.3 Å². The number of rotatable bonds is 4. The lowest BCUT2D eigenvalue weighted by atomic mass is 10.1. The van der Waals surface area contributed by atoms with E-state index in [2.05, 4.69) is 22.2 Å². The van der Waals surface area contributed by atoms with Gasteiger partial charge in [-0.3, -0.25) is 4.79 Å². The molecule has 5 heteroatoms. The third kappa shape index (κ3) is 2.41. The average Bonchev–Trinajstić information content (AvgIpc) is 3.11. The Balaban J connectivity index is 1.65. The number of hydrogen-bond donors (Lipinski definition) is 1. The molecule has 1 aliphatic carbocycles. The molecule has 0 bridgehead atoms. The Morgan fingerprint density at radius 1 is 1.44 bits per heavy atom. The van der Waals surface area contributed by atoms with E-state index in [1.165, 1.54) is 6.42 Å². The van der Waals surface area contributed by atoms with E-state index in [9.17, 15) is 4.79 Å². The second-order valence-electron chi connectivity index (χ2n) is 5.52. The fourth-order valence-corrected chi connectivity index (χ4v) is 2.62. The summed E-state index contributed by atoms with van der Waals surface area (Å²) in [5, 5.41) is 3.23. The van der Waals surface area contributed by atoms with Crippen LogP contribution in [-0.4, -0.2) is 41.1 Å². The predicted octanol–water partition coefficient (Wildman–Crippen LogP) is 0.942.